The van der Waals surface area contributed by atoms with Crippen LogP contribution >= 0.6 is 0 Å². The highest BCUT2D eigenvalue weighted by Crippen LogP contribution is 2.47. The molecule has 0 spiro atoms. The van der Waals surface area contributed by atoms with Gasteiger partial charge in [-0.2, -0.15) is 0 Å². The van der Waals surface area contributed by atoms with Crippen LogP contribution in [0.2, 0.25) is 0 Å². The van der Waals surface area contributed by atoms with Crippen LogP contribution in [0.15, 0.2) is 55.0 Å². The number of ether oxygens (including phenoxy) is 1. The fourth-order valence-electron chi connectivity index (χ4n) is 4.64. The van der Waals surface area contributed by atoms with Gasteiger partial charge in [0, 0.05) is 24.6 Å². The van der Waals surface area contributed by atoms with Gasteiger partial charge >= 0.3 is 0 Å². The van der Waals surface area contributed by atoms with Crippen molar-refractivity contribution in [3.8, 4) is 5.75 Å². The summed E-state index contributed by atoms with van der Waals surface area (Å²) < 4.78 is 21.0. The van der Waals surface area contributed by atoms with Gasteiger partial charge in [-0.15, -0.1) is 0 Å². The van der Waals surface area contributed by atoms with Gasteiger partial charge in [0.1, 0.15) is 23.8 Å². The lowest BCUT2D eigenvalue weighted by atomic mass is 9.64. The summed E-state index contributed by atoms with van der Waals surface area (Å²) in [6, 6.07) is 10.00. The van der Waals surface area contributed by atoms with Crippen molar-refractivity contribution in [1.82, 2.24) is 14.3 Å². The van der Waals surface area contributed by atoms with Gasteiger partial charge in [-0.25, -0.2) is 9.37 Å². The molecule has 2 aromatic heterocycles. The number of rotatable bonds is 4. The number of fused-ring (bicyclic) bond motifs is 3. The first-order valence-electron chi connectivity index (χ1n) is 9.74. The molecule has 0 N–H and O–H groups in total. The zero-order valence-electron chi connectivity index (χ0n) is 15.7. The van der Waals surface area contributed by atoms with Crippen molar-refractivity contribution in [3.63, 3.8) is 0 Å². The molecular weight excluding hydrogens is 357 g/mol. The van der Waals surface area contributed by atoms with E-state index >= 15 is 0 Å². The Kier molecular flexibility index (Phi) is 4.07. The molecule has 4 heterocycles. The Morgan fingerprint density at radius 3 is 2.79 bits per heavy atom. The second kappa shape index (κ2) is 6.62. The molecule has 2 unspecified atom stereocenters. The van der Waals surface area contributed by atoms with Gasteiger partial charge in [-0.3, -0.25) is 4.79 Å². The molecule has 6 rings (SSSR count). The number of amides is 1. The molecule has 1 saturated carbocycles. The molecule has 28 heavy (non-hydrogen) atoms. The number of carbonyl (C=O) groups is 1. The molecule has 1 amide bonds. The van der Waals surface area contributed by atoms with Crippen molar-refractivity contribution in [2.45, 2.75) is 31.8 Å². The Morgan fingerprint density at radius 1 is 1.21 bits per heavy atom. The van der Waals surface area contributed by atoms with E-state index in [-0.39, 0.29) is 23.8 Å². The minimum Gasteiger partial charge on any atom is -0.491 e. The summed E-state index contributed by atoms with van der Waals surface area (Å²) in [4.78, 5) is 19.9. The third-order valence-electron chi connectivity index (χ3n) is 6.37. The first-order valence-corrected chi connectivity index (χ1v) is 9.74. The van der Waals surface area contributed by atoms with E-state index < -0.39 is 0 Å². The fourth-order valence-corrected chi connectivity index (χ4v) is 4.64. The van der Waals surface area contributed by atoms with Crippen LogP contribution < -0.4 is 4.74 Å². The topological polar surface area (TPSA) is 46.8 Å². The van der Waals surface area contributed by atoms with Gasteiger partial charge in [0.25, 0.3) is 5.91 Å². The van der Waals surface area contributed by atoms with Gasteiger partial charge < -0.3 is 14.0 Å². The maximum absolute atomic E-state index is 13.5. The number of benzene rings is 1. The standard InChI is InChI=1S/C22H22FN3O2/c1-14-15-11-17(12-15)26(20(14)13-28-18-6-4-16(23)5-7-18)22(27)19-3-2-9-25-10-8-24-21(19)25/h2-10,14-15,17,20H,11-13H2,1H3. The van der Waals surface area contributed by atoms with Gasteiger partial charge in [0.15, 0.2) is 0 Å². The van der Waals surface area contributed by atoms with Crippen molar-refractivity contribution < 1.29 is 13.9 Å². The summed E-state index contributed by atoms with van der Waals surface area (Å²) in [5, 5.41) is 0. The minimum atomic E-state index is -0.288. The summed E-state index contributed by atoms with van der Waals surface area (Å²) in [5.74, 6) is 1.34. The highest BCUT2D eigenvalue weighted by atomic mass is 19.1. The second-order valence-corrected chi connectivity index (χ2v) is 7.87. The molecule has 6 heteroatoms. The van der Waals surface area contributed by atoms with Crippen LogP contribution in [-0.2, 0) is 0 Å². The van der Waals surface area contributed by atoms with Crippen LogP contribution in [0, 0.1) is 17.7 Å². The number of hydrogen-bond acceptors (Lipinski definition) is 3. The highest BCUT2D eigenvalue weighted by molar-refractivity contribution is 6.00. The quantitative estimate of drug-likeness (QED) is 0.693. The second-order valence-electron chi connectivity index (χ2n) is 7.87. The third-order valence-corrected chi connectivity index (χ3v) is 6.37. The molecule has 144 valence electrons. The lowest BCUT2D eigenvalue weighted by Gasteiger charge is -2.57. The van der Waals surface area contributed by atoms with Crippen LogP contribution in [-0.4, -0.2) is 38.9 Å². The molecule has 0 radical (unpaired) electrons. The smallest absolute Gasteiger partial charge is 0.258 e. The number of halogens is 1. The predicted molar refractivity (Wildman–Crippen MR) is 103 cm³/mol. The molecule has 1 aromatic carbocycles. The Morgan fingerprint density at radius 2 is 2.00 bits per heavy atom. The number of nitrogens with zero attached hydrogens (tertiary/aromatic N) is 3. The van der Waals surface area contributed by atoms with E-state index in [1.165, 1.54) is 12.1 Å². The first-order chi connectivity index (χ1) is 13.6. The minimum absolute atomic E-state index is 0.00901. The molecule has 1 aliphatic carbocycles. The van der Waals surface area contributed by atoms with E-state index in [2.05, 4.69) is 11.9 Å². The number of aromatic nitrogens is 2. The zero-order chi connectivity index (χ0) is 19.3. The summed E-state index contributed by atoms with van der Waals surface area (Å²) in [6.45, 7) is 2.61. The molecule has 5 nitrogen and oxygen atoms in total. The lowest BCUT2D eigenvalue weighted by Crippen LogP contribution is -2.64. The molecule has 2 bridgehead atoms. The van der Waals surface area contributed by atoms with Crippen molar-refractivity contribution in [3.05, 3.63) is 66.4 Å². The zero-order valence-corrected chi connectivity index (χ0v) is 15.7. The fraction of sp³-hybridized carbons (Fsp3) is 0.364. The molecule has 2 saturated heterocycles. The van der Waals surface area contributed by atoms with Crippen LogP contribution in [0.1, 0.15) is 30.1 Å². The number of pyridine rings is 1. The van der Waals surface area contributed by atoms with Crippen LogP contribution in [0.5, 0.6) is 5.75 Å². The Balaban J connectivity index is 1.42. The maximum Gasteiger partial charge on any atom is 0.258 e. The van der Waals surface area contributed by atoms with E-state index in [0.29, 0.717) is 35.4 Å². The van der Waals surface area contributed by atoms with E-state index in [4.69, 9.17) is 4.74 Å². The molecule has 3 fully saturated rings. The first kappa shape index (κ1) is 17.2. The molecule has 3 aliphatic rings. The van der Waals surface area contributed by atoms with Gasteiger partial charge in [-0.05, 0) is 61.1 Å². The van der Waals surface area contributed by atoms with Crippen LogP contribution in [0.4, 0.5) is 4.39 Å². The average Bonchev–Trinajstić information content (AvgIpc) is 3.15. The van der Waals surface area contributed by atoms with Gasteiger partial charge in [0.2, 0.25) is 0 Å². The average molecular weight is 379 g/mol. The molecule has 2 atom stereocenters. The molecule has 2 aliphatic heterocycles. The van der Waals surface area contributed by atoms with Crippen LogP contribution in [0.25, 0.3) is 5.65 Å². The monoisotopic (exact) mass is 379 g/mol. The van der Waals surface area contributed by atoms with E-state index in [1.54, 1.807) is 18.3 Å². The molecule has 3 aromatic rings. The summed E-state index contributed by atoms with van der Waals surface area (Å²) in [5.41, 5.74) is 1.30. The Labute approximate surface area is 162 Å². The van der Waals surface area contributed by atoms with E-state index in [9.17, 15) is 9.18 Å². The Bertz CT molecular complexity index is 1010. The van der Waals surface area contributed by atoms with Crippen molar-refractivity contribution in [2.24, 2.45) is 11.8 Å². The lowest BCUT2D eigenvalue weighted by molar-refractivity contribution is -0.0670. The molecular formula is C22H22FN3O2. The summed E-state index contributed by atoms with van der Waals surface area (Å²) >= 11 is 0. The van der Waals surface area contributed by atoms with Crippen molar-refractivity contribution in [2.75, 3.05) is 6.61 Å². The maximum atomic E-state index is 13.5. The third kappa shape index (κ3) is 2.75. The number of piperidine rings is 2. The van der Waals surface area contributed by atoms with Gasteiger partial charge in [0.05, 0.1) is 11.6 Å². The number of hydrogen-bond donors (Lipinski definition) is 0. The van der Waals surface area contributed by atoms with Crippen molar-refractivity contribution in [1.29, 1.82) is 0 Å². The number of imidazole rings is 1. The van der Waals surface area contributed by atoms with E-state index in [1.807, 2.05) is 33.8 Å². The number of carbonyl (C=O) groups excluding carboxylic acids is 1. The Hall–Kier alpha value is -2.89. The summed E-state index contributed by atoms with van der Waals surface area (Å²) in [6.07, 6.45) is 7.56. The SMILES string of the molecule is CC1C2CC(C2)N(C(=O)c2cccn3ccnc23)C1COc1ccc(F)cc1. The largest absolute Gasteiger partial charge is 0.491 e. The summed E-state index contributed by atoms with van der Waals surface area (Å²) in [7, 11) is 0. The van der Waals surface area contributed by atoms with Crippen molar-refractivity contribution >= 4 is 11.6 Å². The van der Waals surface area contributed by atoms with Gasteiger partial charge in [-0.1, -0.05) is 6.92 Å². The van der Waals surface area contributed by atoms with Crippen LogP contribution in [0.3, 0.4) is 0 Å². The highest BCUT2D eigenvalue weighted by Gasteiger charge is 2.51. The normalized spacial score (nSPS) is 26.1. The van der Waals surface area contributed by atoms with E-state index in [0.717, 1.165) is 12.8 Å². The predicted octanol–water partition coefficient (Wildman–Crippen LogP) is 3.79.